The molecule has 7 rings (SSSR count). The molecule has 31 heavy (non-hydrogen) atoms. The van der Waals surface area contributed by atoms with Gasteiger partial charge in [-0.3, -0.25) is 4.79 Å². The van der Waals surface area contributed by atoms with Crippen molar-refractivity contribution >= 4 is 23.1 Å². The van der Waals surface area contributed by atoms with Crippen LogP contribution in [0.2, 0.25) is 0 Å². The van der Waals surface area contributed by atoms with Crippen LogP contribution in [0, 0.1) is 17.8 Å². The van der Waals surface area contributed by atoms with E-state index in [4.69, 9.17) is 0 Å². The molecule has 4 bridgehead atoms. The molecule has 6 nitrogen and oxygen atoms in total. The molecule has 0 radical (unpaired) electrons. The summed E-state index contributed by atoms with van der Waals surface area (Å²) in [6, 6.07) is 11.8. The molecule has 0 unspecified atom stereocenters. The zero-order chi connectivity index (χ0) is 20.8. The Bertz CT molecular complexity index is 931. The summed E-state index contributed by atoms with van der Waals surface area (Å²) >= 11 is 0. The van der Waals surface area contributed by atoms with Crippen LogP contribution in [0.5, 0.6) is 0 Å². The highest BCUT2D eigenvalue weighted by Gasteiger charge is 2.51. The van der Waals surface area contributed by atoms with Gasteiger partial charge in [0.15, 0.2) is 11.5 Å². The minimum absolute atomic E-state index is 0.201. The van der Waals surface area contributed by atoms with E-state index in [1.54, 1.807) is 6.07 Å². The van der Waals surface area contributed by atoms with Crippen LogP contribution in [-0.4, -0.2) is 34.7 Å². The van der Waals surface area contributed by atoms with E-state index in [9.17, 15) is 4.79 Å². The van der Waals surface area contributed by atoms with Gasteiger partial charge in [-0.25, -0.2) is 0 Å². The predicted molar refractivity (Wildman–Crippen MR) is 122 cm³/mol. The molecule has 1 aliphatic heterocycles. The van der Waals surface area contributed by atoms with Gasteiger partial charge in [0.25, 0.3) is 5.91 Å². The maximum Gasteiger partial charge on any atom is 0.276 e. The minimum Gasteiger partial charge on any atom is -0.378 e. The van der Waals surface area contributed by atoms with Crippen LogP contribution in [0.15, 0.2) is 36.4 Å². The number of benzene rings is 1. The molecule has 0 spiro atoms. The molecule has 5 fully saturated rings. The van der Waals surface area contributed by atoms with Gasteiger partial charge in [-0.15, -0.1) is 10.2 Å². The maximum atomic E-state index is 12.9. The number of nitrogens with one attached hydrogen (secondary N) is 2. The Hall–Kier alpha value is -2.63. The highest BCUT2D eigenvalue weighted by molar-refractivity contribution is 6.04. The molecular weight excluding hydrogens is 386 g/mol. The van der Waals surface area contributed by atoms with Crippen molar-refractivity contribution in [1.29, 1.82) is 0 Å². The molecule has 1 saturated heterocycles. The van der Waals surface area contributed by atoms with E-state index < -0.39 is 0 Å². The fourth-order valence-electron chi connectivity index (χ4n) is 7.00. The first-order valence-corrected chi connectivity index (χ1v) is 11.9. The minimum atomic E-state index is -0.208. The molecule has 0 atom stereocenters. The molecule has 2 heterocycles. The Labute approximate surface area is 183 Å². The van der Waals surface area contributed by atoms with Crippen LogP contribution in [0.3, 0.4) is 0 Å². The van der Waals surface area contributed by atoms with E-state index in [1.165, 1.54) is 51.4 Å². The zero-order valence-corrected chi connectivity index (χ0v) is 18.0. The fourth-order valence-corrected chi connectivity index (χ4v) is 7.00. The summed E-state index contributed by atoms with van der Waals surface area (Å²) in [6.45, 7) is 2.03. The van der Waals surface area contributed by atoms with Crippen molar-refractivity contribution in [3.05, 3.63) is 42.1 Å². The highest BCUT2D eigenvalue weighted by Crippen LogP contribution is 2.56. The Balaban J connectivity index is 1.18. The van der Waals surface area contributed by atoms with Gasteiger partial charge in [0, 0.05) is 18.6 Å². The fraction of sp³-hybridized carbons (Fsp3) is 0.560. The molecule has 5 aliphatic rings. The van der Waals surface area contributed by atoms with Crippen molar-refractivity contribution in [3.63, 3.8) is 0 Å². The van der Waals surface area contributed by atoms with E-state index in [-0.39, 0.29) is 11.4 Å². The molecule has 4 aliphatic carbocycles. The summed E-state index contributed by atoms with van der Waals surface area (Å²) in [6.07, 6.45) is 10.5. The number of amides is 1. The van der Waals surface area contributed by atoms with Gasteiger partial charge in [-0.2, -0.15) is 0 Å². The van der Waals surface area contributed by atoms with Crippen molar-refractivity contribution in [2.24, 2.45) is 17.8 Å². The number of hydrogen-bond donors (Lipinski definition) is 2. The maximum absolute atomic E-state index is 12.9. The number of aromatic nitrogens is 2. The van der Waals surface area contributed by atoms with Gasteiger partial charge >= 0.3 is 0 Å². The SMILES string of the molecule is O=C(Nc1ccccc1NC12CC3CC(CC(C3)C1)C2)c1ccc(N2CCCC2)nn1. The third-order valence-corrected chi connectivity index (χ3v) is 7.93. The summed E-state index contributed by atoms with van der Waals surface area (Å²) in [5.74, 6) is 3.29. The standard InChI is InChI=1S/C25H31N5O/c31-24(22-7-8-23(29-28-22)30-9-3-4-10-30)26-20-5-1-2-6-21(20)27-25-14-17-11-18(15-25)13-19(12-17)16-25/h1-2,5-8,17-19,27H,3-4,9-16H2,(H,26,31). The van der Waals surface area contributed by atoms with Crippen LogP contribution in [0.25, 0.3) is 0 Å². The van der Waals surface area contributed by atoms with Gasteiger partial charge in [-0.1, -0.05) is 12.1 Å². The van der Waals surface area contributed by atoms with Crippen molar-refractivity contribution in [3.8, 4) is 0 Å². The van der Waals surface area contributed by atoms with Crippen LogP contribution < -0.4 is 15.5 Å². The Morgan fingerprint density at radius 2 is 1.52 bits per heavy atom. The van der Waals surface area contributed by atoms with E-state index in [1.807, 2.05) is 24.3 Å². The molecule has 1 aromatic heterocycles. The molecular formula is C25H31N5O. The normalized spacial score (nSPS) is 31.1. The van der Waals surface area contributed by atoms with Gasteiger partial charge < -0.3 is 15.5 Å². The molecule has 162 valence electrons. The number of carbonyl (C=O) groups is 1. The molecule has 1 aromatic carbocycles. The second-order valence-electron chi connectivity index (χ2n) is 10.3. The number of para-hydroxylation sites is 2. The molecule has 2 aromatic rings. The van der Waals surface area contributed by atoms with E-state index in [2.05, 4.69) is 31.8 Å². The largest absolute Gasteiger partial charge is 0.378 e. The Morgan fingerprint density at radius 1 is 0.871 bits per heavy atom. The predicted octanol–water partition coefficient (Wildman–Crippen LogP) is 4.71. The lowest BCUT2D eigenvalue weighted by Crippen LogP contribution is -2.54. The molecule has 6 heteroatoms. The first-order chi connectivity index (χ1) is 15.2. The third kappa shape index (κ3) is 3.66. The average molecular weight is 418 g/mol. The van der Waals surface area contributed by atoms with Crippen molar-refractivity contribution in [1.82, 2.24) is 10.2 Å². The number of anilines is 3. The van der Waals surface area contributed by atoms with Crippen molar-refractivity contribution in [2.75, 3.05) is 28.6 Å². The summed E-state index contributed by atoms with van der Waals surface area (Å²) in [5.41, 5.74) is 2.41. The van der Waals surface area contributed by atoms with Crippen LogP contribution >= 0.6 is 0 Å². The lowest BCUT2D eigenvalue weighted by Gasteiger charge is -2.57. The summed E-state index contributed by atoms with van der Waals surface area (Å²) in [7, 11) is 0. The number of nitrogens with zero attached hydrogens (tertiary/aromatic N) is 3. The number of carbonyl (C=O) groups excluding carboxylic acids is 1. The second kappa shape index (κ2) is 7.50. The smallest absolute Gasteiger partial charge is 0.276 e. The van der Waals surface area contributed by atoms with Gasteiger partial charge in [-0.05, 0) is 93.4 Å². The van der Waals surface area contributed by atoms with E-state index >= 15 is 0 Å². The van der Waals surface area contributed by atoms with E-state index in [0.29, 0.717) is 5.69 Å². The zero-order valence-electron chi connectivity index (χ0n) is 18.0. The van der Waals surface area contributed by atoms with Gasteiger partial charge in [0.05, 0.1) is 11.4 Å². The lowest BCUT2D eigenvalue weighted by molar-refractivity contribution is 0.0107. The third-order valence-electron chi connectivity index (χ3n) is 7.93. The van der Waals surface area contributed by atoms with Crippen LogP contribution in [0.4, 0.5) is 17.2 Å². The Kier molecular flexibility index (Phi) is 4.62. The van der Waals surface area contributed by atoms with Crippen molar-refractivity contribution in [2.45, 2.75) is 56.9 Å². The first-order valence-electron chi connectivity index (χ1n) is 11.9. The quantitative estimate of drug-likeness (QED) is 0.737. The number of hydrogen-bond acceptors (Lipinski definition) is 5. The van der Waals surface area contributed by atoms with Crippen LogP contribution in [-0.2, 0) is 0 Å². The number of rotatable bonds is 5. The molecule has 4 saturated carbocycles. The van der Waals surface area contributed by atoms with Crippen LogP contribution in [0.1, 0.15) is 61.9 Å². The Morgan fingerprint density at radius 3 is 2.13 bits per heavy atom. The lowest BCUT2D eigenvalue weighted by atomic mass is 9.53. The molecule has 2 N–H and O–H groups in total. The monoisotopic (exact) mass is 417 g/mol. The summed E-state index contributed by atoms with van der Waals surface area (Å²) in [4.78, 5) is 15.1. The average Bonchev–Trinajstić information content (AvgIpc) is 3.29. The highest BCUT2D eigenvalue weighted by atomic mass is 16.1. The van der Waals surface area contributed by atoms with Crippen molar-refractivity contribution < 1.29 is 4.79 Å². The van der Waals surface area contributed by atoms with Gasteiger partial charge in [0.2, 0.25) is 0 Å². The van der Waals surface area contributed by atoms with E-state index in [0.717, 1.165) is 48.0 Å². The molecule has 1 amide bonds. The first kappa shape index (κ1) is 19.1. The summed E-state index contributed by atoms with van der Waals surface area (Å²) in [5, 5.41) is 15.5. The van der Waals surface area contributed by atoms with Gasteiger partial charge in [0.1, 0.15) is 0 Å². The topological polar surface area (TPSA) is 70.2 Å². The summed E-state index contributed by atoms with van der Waals surface area (Å²) < 4.78 is 0. The second-order valence-corrected chi connectivity index (χ2v) is 10.3.